The Labute approximate surface area is 155 Å². The van der Waals surface area contributed by atoms with Gasteiger partial charge in [-0.15, -0.1) is 0 Å². The quantitative estimate of drug-likeness (QED) is 0.722. The van der Waals surface area contributed by atoms with Crippen LogP contribution < -0.4 is 10.2 Å². The number of hydrogen-bond acceptors (Lipinski definition) is 4. The van der Waals surface area contributed by atoms with E-state index >= 15 is 0 Å². The Kier molecular flexibility index (Phi) is 5.40. The standard InChI is InChI=1S/C20H18F2N4O/c1-3-26(15-6-4-5-13(2)11-15)19(27)18-9-10-23-20(25-18)24-17-8-7-14(21)12-16(17)22/h4-12H,3H2,1-2H3,(H,23,24,25). The smallest absolute Gasteiger partial charge is 0.277 e. The molecule has 5 nitrogen and oxygen atoms in total. The summed E-state index contributed by atoms with van der Waals surface area (Å²) in [6.45, 7) is 4.28. The first-order valence-corrected chi connectivity index (χ1v) is 8.41. The fraction of sp³-hybridized carbons (Fsp3) is 0.150. The second kappa shape index (κ2) is 7.90. The zero-order chi connectivity index (χ0) is 19.4. The van der Waals surface area contributed by atoms with E-state index in [4.69, 9.17) is 0 Å². The van der Waals surface area contributed by atoms with Crippen molar-refractivity contribution in [2.75, 3.05) is 16.8 Å². The molecule has 0 radical (unpaired) electrons. The van der Waals surface area contributed by atoms with Crippen LogP contribution in [0.5, 0.6) is 0 Å². The minimum Gasteiger partial charge on any atom is -0.322 e. The normalized spacial score (nSPS) is 10.5. The highest BCUT2D eigenvalue weighted by Gasteiger charge is 2.18. The molecule has 3 rings (SSSR count). The molecule has 0 atom stereocenters. The van der Waals surface area contributed by atoms with Crippen LogP contribution in [0.25, 0.3) is 0 Å². The monoisotopic (exact) mass is 368 g/mol. The minimum atomic E-state index is -0.773. The number of carbonyl (C=O) groups excluding carboxylic acids is 1. The molecular formula is C20H18F2N4O. The second-order valence-electron chi connectivity index (χ2n) is 5.90. The SMILES string of the molecule is CCN(C(=O)c1ccnc(Nc2ccc(F)cc2F)n1)c1cccc(C)c1. The summed E-state index contributed by atoms with van der Waals surface area (Å²) in [7, 11) is 0. The molecule has 0 saturated carbocycles. The van der Waals surface area contributed by atoms with Crippen molar-refractivity contribution in [2.45, 2.75) is 13.8 Å². The van der Waals surface area contributed by atoms with E-state index in [2.05, 4.69) is 15.3 Å². The summed E-state index contributed by atoms with van der Waals surface area (Å²) in [5.41, 5.74) is 1.99. The molecule has 7 heteroatoms. The summed E-state index contributed by atoms with van der Waals surface area (Å²) in [5.74, 6) is -1.70. The summed E-state index contributed by atoms with van der Waals surface area (Å²) in [5, 5.41) is 2.67. The maximum atomic E-state index is 13.8. The molecule has 138 valence electrons. The maximum Gasteiger partial charge on any atom is 0.277 e. The third kappa shape index (κ3) is 4.25. The summed E-state index contributed by atoms with van der Waals surface area (Å²) in [6.07, 6.45) is 1.41. The van der Waals surface area contributed by atoms with Crippen molar-refractivity contribution in [3.63, 3.8) is 0 Å². The molecular weight excluding hydrogens is 350 g/mol. The van der Waals surface area contributed by atoms with E-state index in [1.54, 1.807) is 4.90 Å². The maximum absolute atomic E-state index is 13.8. The Bertz CT molecular complexity index is 978. The summed E-state index contributed by atoms with van der Waals surface area (Å²) in [4.78, 5) is 22.7. The Balaban J connectivity index is 1.86. The van der Waals surface area contributed by atoms with Gasteiger partial charge in [0.05, 0.1) is 5.69 Å². The molecule has 3 aromatic rings. The number of aryl methyl sites for hydroxylation is 1. The van der Waals surface area contributed by atoms with Crippen LogP contribution in [0, 0.1) is 18.6 Å². The number of nitrogens with one attached hydrogen (secondary N) is 1. The zero-order valence-corrected chi connectivity index (χ0v) is 14.9. The molecule has 1 aromatic heterocycles. The molecule has 0 spiro atoms. The van der Waals surface area contributed by atoms with Crippen LogP contribution in [0.1, 0.15) is 23.0 Å². The second-order valence-corrected chi connectivity index (χ2v) is 5.90. The molecule has 1 N–H and O–H groups in total. The van der Waals surface area contributed by atoms with Gasteiger partial charge in [0.1, 0.15) is 17.3 Å². The van der Waals surface area contributed by atoms with Gasteiger partial charge in [-0.1, -0.05) is 12.1 Å². The molecule has 0 unspecified atom stereocenters. The molecule has 0 aliphatic heterocycles. The van der Waals surface area contributed by atoms with E-state index in [0.717, 1.165) is 23.4 Å². The van der Waals surface area contributed by atoms with Crippen molar-refractivity contribution in [3.8, 4) is 0 Å². The molecule has 1 heterocycles. The van der Waals surface area contributed by atoms with E-state index in [-0.39, 0.29) is 23.2 Å². The van der Waals surface area contributed by atoms with Crippen molar-refractivity contribution in [1.82, 2.24) is 9.97 Å². The van der Waals surface area contributed by atoms with Gasteiger partial charge in [0, 0.05) is 24.5 Å². The largest absolute Gasteiger partial charge is 0.322 e. The van der Waals surface area contributed by atoms with Crippen LogP contribution in [0.2, 0.25) is 0 Å². The average molecular weight is 368 g/mol. The van der Waals surface area contributed by atoms with Gasteiger partial charge in [-0.3, -0.25) is 4.79 Å². The predicted octanol–water partition coefficient (Wildman–Crippen LogP) is 4.47. The van der Waals surface area contributed by atoms with Crippen LogP contribution >= 0.6 is 0 Å². The number of anilines is 3. The number of benzene rings is 2. The lowest BCUT2D eigenvalue weighted by Gasteiger charge is -2.21. The minimum absolute atomic E-state index is 0.0204. The molecule has 0 bridgehead atoms. The van der Waals surface area contributed by atoms with E-state index in [9.17, 15) is 13.6 Å². The van der Waals surface area contributed by atoms with Gasteiger partial charge in [0.2, 0.25) is 5.95 Å². The number of rotatable bonds is 5. The van der Waals surface area contributed by atoms with Gasteiger partial charge in [0.15, 0.2) is 0 Å². The number of nitrogens with zero attached hydrogens (tertiary/aromatic N) is 3. The topological polar surface area (TPSA) is 58.1 Å². The summed E-state index contributed by atoms with van der Waals surface area (Å²) < 4.78 is 26.8. The molecule has 1 amide bonds. The molecule has 27 heavy (non-hydrogen) atoms. The number of aromatic nitrogens is 2. The van der Waals surface area contributed by atoms with Crippen LogP contribution in [0.3, 0.4) is 0 Å². The Hall–Kier alpha value is -3.35. The average Bonchev–Trinajstić information content (AvgIpc) is 2.65. The van der Waals surface area contributed by atoms with Crippen molar-refractivity contribution < 1.29 is 13.6 Å². The first-order valence-electron chi connectivity index (χ1n) is 8.41. The van der Waals surface area contributed by atoms with Gasteiger partial charge in [-0.25, -0.2) is 18.7 Å². The van der Waals surface area contributed by atoms with Crippen LogP contribution in [-0.4, -0.2) is 22.4 Å². The third-order valence-electron chi connectivity index (χ3n) is 3.93. The lowest BCUT2D eigenvalue weighted by Crippen LogP contribution is -2.31. The first-order chi connectivity index (χ1) is 13.0. The molecule has 0 saturated heterocycles. The highest BCUT2D eigenvalue weighted by atomic mass is 19.1. The van der Waals surface area contributed by atoms with Crippen LogP contribution in [-0.2, 0) is 0 Å². The van der Waals surface area contributed by atoms with E-state index in [1.807, 2.05) is 38.1 Å². The van der Waals surface area contributed by atoms with Crippen LogP contribution in [0.15, 0.2) is 54.7 Å². The van der Waals surface area contributed by atoms with Gasteiger partial charge in [-0.2, -0.15) is 0 Å². The summed E-state index contributed by atoms with van der Waals surface area (Å²) in [6, 6.07) is 12.2. The fourth-order valence-electron chi connectivity index (χ4n) is 2.63. The van der Waals surface area contributed by atoms with E-state index in [0.29, 0.717) is 6.54 Å². The van der Waals surface area contributed by atoms with Crippen molar-refractivity contribution >= 4 is 23.2 Å². The lowest BCUT2D eigenvalue weighted by molar-refractivity contribution is 0.0983. The summed E-state index contributed by atoms with van der Waals surface area (Å²) >= 11 is 0. The molecule has 2 aromatic carbocycles. The first kappa shape index (κ1) is 18.4. The van der Waals surface area contributed by atoms with Crippen LogP contribution in [0.4, 0.5) is 26.1 Å². The van der Waals surface area contributed by atoms with E-state index < -0.39 is 11.6 Å². The number of amides is 1. The van der Waals surface area contributed by atoms with Crippen molar-refractivity contribution in [1.29, 1.82) is 0 Å². The van der Waals surface area contributed by atoms with Crippen molar-refractivity contribution in [3.05, 3.63) is 77.6 Å². The van der Waals surface area contributed by atoms with Gasteiger partial charge < -0.3 is 10.2 Å². The molecule has 0 fully saturated rings. The fourth-order valence-corrected chi connectivity index (χ4v) is 2.63. The Morgan fingerprint density at radius 2 is 1.96 bits per heavy atom. The predicted molar refractivity (Wildman–Crippen MR) is 100 cm³/mol. The van der Waals surface area contributed by atoms with Gasteiger partial charge in [0.25, 0.3) is 5.91 Å². The molecule has 0 aliphatic carbocycles. The Morgan fingerprint density at radius 3 is 2.67 bits per heavy atom. The third-order valence-corrected chi connectivity index (χ3v) is 3.93. The number of halogens is 2. The Morgan fingerprint density at radius 1 is 1.15 bits per heavy atom. The zero-order valence-electron chi connectivity index (χ0n) is 14.9. The lowest BCUT2D eigenvalue weighted by atomic mass is 10.2. The number of carbonyl (C=O) groups is 1. The highest BCUT2D eigenvalue weighted by molar-refractivity contribution is 6.04. The molecule has 0 aliphatic rings. The highest BCUT2D eigenvalue weighted by Crippen LogP contribution is 2.20. The number of hydrogen-bond donors (Lipinski definition) is 1. The van der Waals surface area contributed by atoms with Gasteiger partial charge in [-0.05, 0) is 49.7 Å². The van der Waals surface area contributed by atoms with Gasteiger partial charge >= 0.3 is 0 Å². The van der Waals surface area contributed by atoms with E-state index in [1.165, 1.54) is 18.3 Å². The van der Waals surface area contributed by atoms with Crippen molar-refractivity contribution in [2.24, 2.45) is 0 Å².